The van der Waals surface area contributed by atoms with Gasteiger partial charge >= 0.3 is 0 Å². The van der Waals surface area contributed by atoms with Crippen LogP contribution in [0.15, 0.2) is 72.8 Å². The Hall–Kier alpha value is -4.20. The second-order valence-electron chi connectivity index (χ2n) is 7.56. The van der Waals surface area contributed by atoms with Crippen molar-refractivity contribution in [3.8, 4) is 11.5 Å². The van der Waals surface area contributed by atoms with Crippen LogP contribution in [0.25, 0.3) is 0 Å². The first-order valence-electron chi connectivity index (χ1n) is 9.73. The van der Waals surface area contributed by atoms with E-state index in [0.29, 0.717) is 11.1 Å². The predicted octanol–water partition coefficient (Wildman–Crippen LogP) is 5.20. The van der Waals surface area contributed by atoms with Crippen molar-refractivity contribution in [2.45, 2.75) is 5.41 Å². The summed E-state index contributed by atoms with van der Waals surface area (Å²) in [6.45, 7) is 0. The Kier molecular flexibility index (Phi) is 5.37. The van der Waals surface area contributed by atoms with E-state index in [-0.39, 0.29) is 22.5 Å². The first-order valence-corrected chi connectivity index (χ1v) is 9.73. The molecule has 0 spiro atoms. The Bertz CT molecular complexity index is 1190. The molecule has 0 amide bonds. The summed E-state index contributed by atoms with van der Waals surface area (Å²) in [5.74, 6) is -4.76. The third-order valence-electron chi connectivity index (χ3n) is 5.61. The number of anilines is 2. The van der Waals surface area contributed by atoms with Gasteiger partial charge in [-0.05, 0) is 70.8 Å². The SMILES string of the molecule is Nc1cc(C(c2ccc(F)cc2)(c2ccc(F)cc2)c2cc(N)c(O)c(F)c2)cc(F)c1O. The van der Waals surface area contributed by atoms with Crippen molar-refractivity contribution in [1.82, 2.24) is 0 Å². The van der Waals surface area contributed by atoms with Gasteiger partial charge in [0, 0.05) is 0 Å². The number of nitrogens with two attached hydrogens (primary N) is 2. The fourth-order valence-corrected chi connectivity index (χ4v) is 4.07. The van der Waals surface area contributed by atoms with Crippen molar-refractivity contribution in [3.63, 3.8) is 0 Å². The van der Waals surface area contributed by atoms with Gasteiger partial charge in [0.25, 0.3) is 0 Å². The molecule has 4 nitrogen and oxygen atoms in total. The van der Waals surface area contributed by atoms with E-state index in [4.69, 9.17) is 11.5 Å². The Balaban J connectivity index is 2.22. The number of nitrogen functional groups attached to an aromatic ring is 2. The molecule has 0 saturated heterocycles. The van der Waals surface area contributed by atoms with E-state index in [1.807, 2.05) is 0 Å². The summed E-state index contributed by atoms with van der Waals surface area (Å²) in [4.78, 5) is 0. The van der Waals surface area contributed by atoms with Gasteiger partial charge in [-0.15, -0.1) is 0 Å². The van der Waals surface area contributed by atoms with E-state index in [0.717, 1.165) is 36.4 Å². The summed E-state index contributed by atoms with van der Waals surface area (Å²) in [5.41, 5.74) is 10.4. The smallest absolute Gasteiger partial charge is 0.174 e. The highest BCUT2D eigenvalue weighted by atomic mass is 19.1. The van der Waals surface area contributed by atoms with Gasteiger partial charge in [0.2, 0.25) is 0 Å². The second kappa shape index (κ2) is 8.05. The highest BCUT2D eigenvalue weighted by Gasteiger charge is 2.40. The number of phenolic OH excluding ortho intramolecular Hbond substituents is 2. The number of rotatable bonds is 4. The van der Waals surface area contributed by atoms with E-state index in [1.54, 1.807) is 0 Å². The number of hydrogen-bond acceptors (Lipinski definition) is 4. The minimum atomic E-state index is -1.59. The summed E-state index contributed by atoms with van der Waals surface area (Å²) in [6, 6.07) is 14.8. The van der Waals surface area contributed by atoms with E-state index < -0.39 is 40.2 Å². The molecule has 168 valence electrons. The molecule has 0 fully saturated rings. The van der Waals surface area contributed by atoms with Crippen LogP contribution in [0.5, 0.6) is 11.5 Å². The average molecular weight is 454 g/mol. The van der Waals surface area contributed by atoms with Crippen molar-refractivity contribution in [3.05, 3.63) is 118 Å². The molecule has 0 heterocycles. The maximum atomic E-state index is 14.7. The third kappa shape index (κ3) is 3.59. The summed E-state index contributed by atoms with van der Waals surface area (Å²) < 4.78 is 57.0. The quantitative estimate of drug-likeness (QED) is 0.148. The number of benzene rings is 4. The van der Waals surface area contributed by atoms with Crippen molar-refractivity contribution in [2.75, 3.05) is 11.5 Å². The van der Waals surface area contributed by atoms with Gasteiger partial charge in [0.1, 0.15) is 11.6 Å². The molecule has 0 saturated carbocycles. The Morgan fingerprint density at radius 2 is 0.848 bits per heavy atom. The van der Waals surface area contributed by atoms with Gasteiger partial charge < -0.3 is 21.7 Å². The zero-order valence-electron chi connectivity index (χ0n) is 17.0. The van der Waals surface area contributed by atoms with Crippen molar-refractivity contribution in [2.24, 2.45) is 0 Å². The van der Waals surface area contributed by atoms with Crippen LogP contribution in [0.1, 0.15) is 22.3 Å². The topological polar surface area (TPSA) is 92.5 Å². The lowest BCUT2D eigenvalue weighted by Crippen LogP contribution is -2.31. The van der Waals surface area contributed by atoms with E-state index in [1.165, 1.54) is 36.4 Å². The fourth-order valence-electron chi connectivity index (χ4n) is 4.07. The van der Waals surface area contributed by atoms with Crippen LogP contribution >= 0.6 is 0 Å². The minimum Gasteiger partial charge on any atom is -0.503 e. The number of halogens is 4. The highest BCUT2D eigenvalue weighted by molar-refractivity contribution is 5.67. The third-order valence-corrected chi connectivity index (χ3v) is 5.61. The van der Waals surface area contributed by atoms with Gasteiger partial charge in [-0.25, -0.2) is 17.6 Å². The van der Waals surface area contributed by atoms with Crippen molar-refractivity contribution >= 4 is 11.4 Å². The van der Waals surface area contributed by atoms with Gasteiger partial charge in [0.15, 0.2) is 23.1 Å². The Labute approximate surface area is 186 Å². The molecule has 33 heavy (non-hydrogen) atoms. The largest absolute Gasteiger partial charge is 0.503 e. The molecule has 8 heteroatoms. The van der Waals surface area contributed by atoms with Crippen LogP contribution in [0.2, 0.25) is 0 Å². The minimum absolute atomic E-state index is 0.123. The molecular formula is C25H18F4N2O2. The predicted molar refractivity (Wildman–Crippen MR) is 117 cm³/mol. The number of phenols is 2. The maximum absolute atomic E-state index is 14.7. The van der Waals surface area contributed by atoms with Crippen molar-refractivity contribution < 1.29 is 27.8 Å². The first kappa shape index (κ1) is 22.0. The van der Waals surface area contributed by atoms with Gasteiger partial charge in [-0.3, -0.25) is 0 Å². The van der Waals surface area contributed by atoms with Crippen LogP contribution in [-0.2, 0) is 5.41 Å². The van der Waals surface area contributed by atoms with E-state index in [9.17, 15) is 27.8 Å². The summed E-state index contributed by atoms with van der Waals surface area (Å²) in [6.07, 6.45) is 0. The molecule has 6 N–H and O–H groups in total. The first-order chi connectivity index (χ1) is 15.6. The lowest BCUT2D eigenvalue weighted by atomic mass is 9.65. The fraction of sp³-hybridized carbons (Fsp3) is 0.0400. The molecule has 0 atom stereocenters. The molecule has 0 bridgehead atoms. The molecule has 0 aliphatic carbocycles. The Morgan fingerprint density at radius 3 is 1.15 bits per heavy atom. The average Bonchev–Trinajstić information content (AvgIpc) is 2.78. The van der Waals surface area contributed by atoms with Crippen LogP contribution in [-0.4, -0.2) is 10.2 Å². The van der Waals surface area contributed by atoms with Crippen LogP contribution < -0.4 is 11.5 Å². The molecule has 4 rings (SSSR count). The monoisotopic (exact) mass is 454 g/mol. The maximum Gasteiger partial charge on any atom is 0.174 e. The molecule has 4 aromatic carbocycles. The lowest BCUT2D eigenvalue weighted by molar-refractivity contribution is 0.432. The second-order valence-corrected chi connectivity index (χ2v) is 7.56. The van der Waals surface area contributed by atoms with Gasteiger partial charge in [-0.1, -0.05) is 24.3 Å². The Morgan fingerprint density at radius 1 is 0.515 bits per heavy atom. The molecule has 0 unspecified atom stereocenters. The molecule has 0 aromatic heterocycles. The zero-order valence-corrected chi connectivity index (χ0v) is 17.0. The molecule has 0 aliphatic heterocycles. The van der Waals surface area contributed by atoms with Gasteiger partial charge in [0.05, 0.1) is 16.8 Å². The van der Waals surface area contributed by atoms with Crippen LogP contribution in [0.3, 0.4) is 0 Å². The molecule has 0 radical (unpaired) electrons. The highest BCUT2D eigenvalue weighted by Crippen LogP contribution is 2.48. The normalized spacial score (nSPS) is 11.5. The molecular weight excluding hydrogens is 436 g/mol. The van der Waals surface area contributed by atoms with E-state index in [2.05, 4.69) is 0 Å². The standard InChI is InChI=1S/C25H18F4N2O2/c26-17-5-1-13(2-6-17)25(14-3-7-18(27)8-4-14,15-9-19(28)23(32)21(30)11-15)16-10-20(29)24(33)22(31)12-16/h1-12,32-33H,30-31H2. The summed E-state index contributed by atoms with van der Waals surface area (Å²) >= 11 is 0. The van der Waals surface area contributed by atoms with Crippen molar-refractivity contribution in [1.29, 1.82) is 0 Å². The molecule has 0 aliphatic rings. The molecule has 4 aromatic rings. The van der Waals surface area contributed by atoms with Crippen LogP contribution in [0, 0.1) is 23.3 Å². The lowest BCUT2D eigenvalue weighted by Gasteiger charge is -2.37. The van der Waals surface area contributed by atoms with E-state index >= 15 is 0 Å². The van der Waals surface area contributed by atoms with Crippen LogP contribution in [0.4, 0.5) is 28.9 Å². The summed E-state index contributed by atoms with van der Waals surface area (Å²) in [7, 11) is 0. The van der Waals surface area contributed by atoms with Gasteiger partial charge in [-0.2, -0.15) is 0 Å². The number of hydrogen-bond donors (Lipinski definition) is 4. The summed E-state index contributed by atoms with van der Waals surface area (Å²) in [5, 5.41) is 19.8. The zero-order chi connectivity index (χ0) is 23.9. The number of aromatic hydroxyl groups is 2.